The van der Waals surface area contributed by atoms with Crippen molar-refractivity contribution in [1.82, 2.24) is 5.32 Å². The molecule has 0 radical (unpaired) electrons. The minimum absolute atomic E-state index is 0.0463. The minimum atomic E-state index is 0.0463. The second-order valence-electron chi connectivity index (χ2n) is 5.39. The van der Waals surface area contributed by atoms with E-state index in [0.717, 1.165) is 30.2 Å². The Hall–Kier alpha value is -1.83. The molecule has 1 aliphatic carbocycles. The molecule has 98 valence electrons. The van der Waals surface area contributed by atoms with E-state index >= 15 is 0 Å². The van der Waals surface area contributed by atoms with Gasteiger partial charge in [0.1, 0.15) is 0 Å². The quantitative estimate of drug-likeness (QED) is 0.891. The van der Waals surface area contributed by atoms with Gasteiger partial charge in [0.2, 0.25) is 0 Å². The first-order valence-electron chi connectivity index (χ1n) is 7.05. The average Bonchev–Trinajstić information content (AvgIpc) is 2.84. The van der Waals surface area contributed by atoms with Crippen molar-refractivity contribution < 1.29 is 4.79 Å². The molecule has 0 saturated heterocycles. The highest BCUT2D eigenvalue weighted by Crippen LogP contribution is 2.32. The van der Waals surface area contributed by atoms with Crippen molar-refractivity contribution in [2.75, 3.05) is 0 Å². The molecular formula is C17H19NO. The summed E-state index contributed by atoms with van der Waals surface area (Å²) in [4.78, 5) is 12.4. The Labute approximate surface area is 113 Å². The Kier molecular flexibility index (Phi) is 3.02. The van der Waals surface area contributed by atoms with Gasteiger partial charge in [-0.25, -0.2) is 0 Å². The lowest BCUT2D eigenvalue weighted by Crippen LogP contribution is -2.32. The zero-order valence-electron chi connectivity index (χ0n) is 11.5. The van der Waals surface area contributed by atoms with Crippen molar-refractivity contribution in [1.29, 1.82) is 0 Å². The molecule has 2 aromatic carbocycles. The summed E-state index contributed by atoms with van der Waals surface area (Å²) >= 11 is 0. The number of benzene rings is 2. The molecule has 0 aromatic heterocycles. The SMILES string of the molecule is CC[C@H](C)NC(=O)c1ccc2c3c(cccc13)CC2. The Morgan fingerprint density at radius 2 is 1.95 bits per heavy atom. The Morgan fingerprint density at radius 1 is 1.21 bits per heavy atom. The number of amides is 1. The van der Waals surface area contributed by atoms with E-state index < -0.39 is 0 Å². The van der Waals surface area contributed by atoms with Gasteiger partial charge in [0.25, 0.3) is 5.91 Å². The van der Waals surface area contributed by atoms with Crippen LogP contribution in [0.3, 0.4) is 0 Å². The number of rotatable bonds is 3. The molecular weight excluding hydrogens is 234 g/mol. The van der Waals surface area contributed by atoms with Gasteiger partial charge in [-0.2, -0.15) is 0 Å². The normalized spacial score (nSPS) is 14.6. The number of hydrogen-bond donors (Lipinski definition) is 1. The molecule has 1 aliphatic rings. The Balaban J connectivity index is 2.08. The highest BCUT2D eigenvalue weighted by atomic mass is 16.1. The van der Waals surface area contributed by atoms with Gasteiger partial charge in [0, 0.05) is 11.6 Å². The third kappa shape index (κ3) is 2.01. The van der Waals surface area contributed by atoms with Crippen molar-refractivity contribution in [3.63, 3.8) is 0 Å². The van der Waals surface area contributed by atoms with Crippen molar-refractivity contribution in [3.8, 4) is 0 Å². The molecule has 1 N–H and O–H groups in total. The Morgan fingerprint density at radius 3 is 2.68 bits per heavy atom. The molecule has 2 aromatic rings. The fourth-order valence-electron chi connectivity index (χ4n) is 2.85. The maximum atomic E-state index is 12.4. The molecule has 1 atom stereocenters. The van der Waals surface area contributed by atoms with Crippen LogP contribution in [0.2, 0.25) is 0 Å². The number of aryl methyl sites for hydroxylation is 2. The predicted octanol–water partition coefficient (Wildman–Crippen LogP) is 3.47. The summed E-state index contributed by atoms with van der Waals surface area (Å²) in [5.74, 6) is 0.0463. The number of carbonyl (C=O) groups excluding carboxylic acids is 1. The van der Waals surface area contributed by atoms with E-state index in [1.54, 1.807) is 0 Å². The maximum Gasteiger partial charge on any atom is 0.252 e. The highest BCUT2D eigenvalue weighted by molar-refractivity contribution is 6.09. The molecule has 2 heteroatoms. The van der Waals surface area contributed by atoms with Gasteiger partial charge < -0.3 is 5.32 Å². The van der Waals surface area contributed by atoms with E-state index in [9.17, 15) is 4.79 Å². The minimum Gasteiger partial charge on any atom is -0.350 e. The van der Waals surface area contributed by atoms with E-state index in [0.29, 0.717) is 0 Å². The van der Waals surface area contributed by atoms with Crippen LogP contribution in [0.4, 0.5) is 0 Å². The van der Waals surface area contributed by atoms with Gasteiger partial charge in [-0.3, -0.25) is 4.79 Å². The van der Waals surface area contributed by atoms with Crippen LogP contribution < -0.4 is 5.32 Å². The van der Waals surface area contributed by atoms with Gasteiger partial charge in [-0.1, -0.05) is 31.2 Å². The fourth-order valence-corrected chi connectivity index (χ4v) is 2.85. The number of nitrogens with one attached hydrogen (secondary N) is 1. The van der Waals surface area contributed by atoms with E-state index in [2.05, 4.69) is 36.5 Å². The third-order valence-corrected chi connectivity index (χ3v) is 4.11. The van der Waals surface area contributed by atoms with Crippen molar-refractivity contribution in [3.05, 3.63) is 47.0 Å². The molecule has 0 saturated carbocycles. The molecule has 0 bridgehead atoms. The summed E-state index contributed by atoms with van der Waals surface area (Å²) in [7, 11) is 0. The first kappa shape index (κ1) is 12.2. The smallest absolute Gasteiger partial charge is 0.252 e. The summed E-state index contributed by atoms with van der Waals surface area (Å²) in [6, 6.07) is 10.6. The van der Waals surface area contributed by atoms with Crippen LogP contribution >= 0.6 is 0 Å². The largest absolute Gasteiger partial charge is 0.350 e. The van der Waals surface area contributed by atoms with Gasteiger partial charge in [-0.05, 0) is 54.2 Å². The van der Waals surface area contributed by atoms with E-state index in [1.165, 1.54) is 16.5 Å². The van der Waals surface area contributed by atoms with Crippen molar-refractivity contribution in [2.24, 2.45) is 0 Å². The predicted molar refractivity (Wildman–Crippen MR) is 78.6 cm³/mol. The van der Waals surface area contributed by atoms with Crippen LogP contribution in [0, 0.1) is 0 Å². The highest BCUT2D eigenvalue weighted by Gasteiger charge is 2.19. The third-order valence-electron chi connectivity index (χ3n) is 4.11. The standard InChI is InChI=1S/C17H19NO/c1-3-11(2)18-17(19)15-10-9-13-8-7-12-5-4-6-14(15)16(12)13/h4-6,9-11H,3,7-8H2,1-2H3,(H,18,19)/t11-/m0/s1. The summed E-state index contributed by atoms with van der Waals surface area (Å²) in [6.45, 7) is 4.12. The van der Waals surface area contributed by atoms with Crippen LogP contribution in [0.5, 0.6) is 0 Å². The van der Waals surface area contributed by atoms with E-state index in [1.807, 2.05) is 13.0 Å². The van der Waals surface area contributed by atoms with Gasteiger partial charge in [0.05, 0.1) is 0 Å². The van der Waals surface area contributed by atoms with Gasteiger partial charge in [-0.15, -0.1) is 0 Å². The Bertz CT molecular complexity index is 635. The van der Waals surface area contributed by atoms with E-state index in [4.69, 9.17) is 0 Å². The molecule has 0 spiro atoms. The molecule has 0 aliphatic heterocycles. The molecule has 0 fully saturated rings. The lowest BCUT2D eigenvalue weighted by atomic mass is 9.99. The van der Waals surface area contributed by atoms with Crippen LogP contribution in [0.25, 0.3) is 10.8 Å². The summed E-state index contributed by atoms with van der Waals surface area (Å²) in [5, 5.41) is 5.47. The van der Waals surface area contributed by atoms with E-state index in [-0.39, 0.29) is 11.9 Å². The van der Waals surface area contributed by atoms with Crippen molar-refractivity contribution in [2.45, 2.75) is 39.2 Å². The first-order valence-corrected chi connectivity index (χ1v) is 7.05. The molecule has 3 rings (SSSR count). The summed E-state index contributed by atoms with van der Waals surface area (Å²) in [5.41, 5.74) is 3.57. The second-order valence-corrected chi connectivity index (χ2v) is 5.39. The van der Waals surface area contributed by atoms with Crippen LogP contribution in [0.15, 0.2) is 30.3 Å². The zero-order chi connectivity index (χ0) is 13.4. The van der Waals surface area contributed by atoms with Crippen LogP contribution in [-0.2, 0) is 12.8 Å². The topological polar surface area (TPSA) is 29.1 Å². The van der Waals surface area contributed by atoms with Crippen LogP contribution in [-0.4, -0.2) is 11.9 Å². The van der Waals surface area contributed by atoms with Crippen molar-refractivity contribution >= 4 is 16.7 Å². The lowest BCUT2D eigenvalue weighted by Gasteiger charge is -2.13. The second kappa shape index (κ2) is 4.69. The van der Waals surface area contributed by atoms with Gasteiger partial charge >= 0.3 is 0 Å². The number of hydrogen-bond acceptors (Lipinski definition) is 1. The molecule has 1 amide bonds. The van der Waals surface area contributed by atoms with Crippen LogP contribution in [0.1, 0.15) is 41.8 Å². The zero-order valence-corrected chi connectivity index (χ0v) is 11.5. The fraction of sp³-hybridized carbons (Fsp3) is 0.353. The summed E-state index contributed by atoms with van der Waals surface area (Å²) in [6.07, 6.45) is 3.15. The number of carbonyl (C=O) groups is 1. The molecule has 19 heavy (non-hydrogen) atoms. The molecule has 0 unspecified atom stereocenters. The lowest BCUT2D eigenvalue weighted by molar-refractivity contribution is 0.0941. The monoisotopic (exact) mass is 253 g/mol. The maximum absolute atomic E-state index is 12.4. The van der Waals surface area contributed by atoms with Gasteiger partial charge in [0.15, 0.2) is 0 Å². The summed E-state index contributed by atoms with van der Waals surface area (Å²) < 4.78 is 0. The molecule has 0 heterocycles. The first-order chi connectivity index (χ1) is 9.20. The molecule has 2 nitrogen and oxygen atoms in total. The average molecular weight is 253 g/mol.